The molecule has 0 atom stereocenters. The molecule has 0 bridgehead atoms. The first-order chi connectivity index (χ1) is 11.5. The predicted molar refractivity (Wildman–Crippen MR) is 99.2 cm³/mol. The molecule has 7 heteroatoms. The molecule has 0 aliphatic carbocycles. The summed E-state index contributed by atoms with van der Waals surface area (Å²) in [4.78, 5) is 23.6. The maximum absolute atomic E-state index is 12.4. The second kappa shape index (κ2) is 6.83. The van der Waals surface area contributed by atoms with Crippen LogP contribution >= 0.6 is 22.6 Å². The van der Waals surface area contributed by atoms with Gasteiger partial charge in [0.1, 0.15) is 5.69 Å². The third-order valence-corrected chi connectivity index (χ3v) is 4.07. The third-order valence-electron chi connectivity index (χ3n) is 3.35. The highest BCUT2D eigenvalue weighted by Gasteiger charge is 2.12. The van der Waals surface area contributed by atoms with Gasteiger partial charge in [0.15, 0.2) is 0 Å². The molecule has 2 amide bonds. The van der Waals surface area contributed by atoms with Crippen molar-refractivity contribution in [1.29, 1.82) is 0 Å². The maximum Gasteiger partial charge on any atom is 0.269 e. The summed E-state index contributed by atoms with van der Waals surface area (Å²) in [5.41, 5.74) is 7.17. The van der Waals surface area contributed by atoms with Crippen LogP contribution in [-0.4, -0.2) is 21.6 Å². The lowest BCUT2D eigenvalue weighted by Gasteiger charge is -2.11. The van der Waals surface area contributed by atoms with Crippen molar-refractivity contribution < 1.29 is 9.59 Å². The van der Waals surface area contributed by atoms with Crippen LogP contribution in [0.15, 0.2) is 60.8 Å². The minimum absolute atomic E-state index is 0.161. The van der Waals surface area contributed by atoms with Gasteiger partial charge in [0.2, 0.25) is 0 Å². The number of hydrogen-bond donors (Lipinski definition) is 2. The van der Waals surface area contributed by atoms with Crippen molar-refractivity contribution in [2.24, 2.45) is 5.73 Å². The number of nitrogens with two attached hydrogens (primary N) is 1. The first-order valence-corrected chi connectivity index (χ1v) is 8.14. The molecule has 1 heterocycles. The Morgan fingerprint density at radius 2 is 1.75 bits per heavy atom. The second-order valence-corrected chi connectivity index (χ2v) is 6.23. The van der Waals surface area contributed by atoms with E-state index in [0.717, 1.165) is 3.57 Å². The van der Waals surface area contributed by atoms with Gasteiger partial charge >= 0.3 is 0 Å². The molecule has 3 N–H and O–H groups in total. The predicted octanol–water partition coefficient (Wildman–Crippen LogP) is 2.83. The van der Waals surface area contributed by atoms with Crippen molar-refractivity contribution in [3.05, 3.63) is 75.6 Å². The van der Waals surface area contributed by atoms with Crippen molar-refractivity contribution in [1.82, 2.24) is 9.78 Å². The van der Waals surface area contributed by atoms with Crippen LogP contribution in [0.1, 0.15) is 20.8 Å². The van der Waals surface area contributed by atoms with Crippen LogP contribution in [0.3, 0.4) is 0 Å². The molecule has 2 aromatic carbocycles. The maximum atomic E-state index is 12.4. The largest absolute Gasteiger partial charge is 0.364 e. The molecule has 1 aromatic heterocycles. The third kappa shape index (κ3) is 3.46. The average Bonchev–Trinajstić information content (AvgIpc) is 3.06. The minimum atomic E-state index is -0.603. The van der Waals surface area contributed by atoms with Crippen molar-refractivity contribution in [3.8, 4) is 5.69 Å². The lowest BCUT2D eigenvalue weighted by atomic mass is 10.2. The summed E-state index contributed by atoms with van der Waals surface area (Å²) in [5.74, 6) is -0.824. The van der Waals surface area contributed by atoms with Gasteiger partial charge in [0.05, 0.1) is 11.4 Å². The number of anilines is 1. The van der Waals surface area contributed by atoms with Crippen LogP contribution < -0.4 is 11.1 Å². The van der Waals surface area contributed by atoms with Crippen molar-refractivity contribution in [3.63, 3.8) is 0 Å². The summed E-state index contributed by atoms with van der Waals surface area (Å²) in [5, 5.41) is 6.99. The number of para-hydroxylation sites is 2. The number of hydrogen-bond acceptors (Lipinski definition) is 3. The van der Waals surface area contributed by atoms with Crippen LogP contribution in [-0.2, 0) is 0 Å². The smallest absolute Gasteiger partial charge is 0.269 e. The SMILES string of the molecule is NC(=O)c1ccn(-c2ccccc2NC(=O)c2ccc(I)cc2)n1. The van der Waals surface area contributed by atoms with E-state index in [1.807, 2.05) is 24.3 Å². The molecule has 0 aliphatic heterocycles. The zero-order valence-electron chi connectivity index (χ0n) is 12.4. The van der Waals surface area contributed by atoms with Gasteiger partial charge in [0.25, 0.3) is 11.8 Å². The Morgan fingerprint density at radius 1 is 1.04 bits per heavy atom. The van der Waals surface area contributed by atoms with E-state index >= 15 is 0 Å². The van der Waals surface area contributed by atoms with Gasteiger partial charge in [-0.05, 0) is 65.1 Å². The molecule has 3 aromatic rings. The Labute approximate surface area is 151 Å². The highest BCUT2D eigenvalue weighted by atomic mass is 127. The van der Waals surface area contributed by atoms with Crippen LogP contribution in [0, 0.1) is 3.57 Å². The number of benzene rings is 2. The molecule has 0 unspecified atom stereocenters. The Balaban J connectivity index is 1.90. The molecule has 120 valence electrons. The normalized spacial score (nSPS) is 10.4. The fourth-order valence-corrected chi connectivity index (χ4v) is 2.52. The lowest BCUT2D eigenvalue weighted by molar-refractivity contribution is 0.0992. The molecule has 3 rings (SSSR count). The zero-order valence-corrected chi connectivity index (χ0v) is 14.6. The van der Waals surface area contributed by atoms with Gasteiger partial charge < -0.3 is 11.1 Å². The van der Waals surface area contributed by atoms with Crippen LogP contribution in [0.25, 0.3) is 5.69 Å². The van der Waals surface area contributed by atoms with E-state index < -0.39 is 5.91 Å². The van der Waals surface area contributed by atoms with Crippen LogP contribution in [0.2, 0.25) is 0 Å². The Morgan fingerprint density at radius 3 is 2.42 bits per heavy atom. The van der Waals surface area contributed by atoms with Gasteiger partial charge in [-0.15, -0.1) is 0 Å². The van der Waals surface area contributed by atoms with Gasteiger partial charge in [-0.1, -0.05) is 12.1 Å². The second-order valence-electron chi connectivity index (χ2n) is 4.99. The number of nitrogens with one attached hydrogen (secondary N) is 1. The number of aromatic nitrogens is 2. The monoisotopic (exact) mass is 432 g/mol. The molecule has 0 spiro atoms. The number of primary amides is 1. The molecule has 24 heavy (non-hydrogen) atoms. The number of carbonyl (C=O) groups is 2. The first-order valence-electron chi connectivity index (χ1n) is 7.06. The minimum Gasteiger partial charge on any atom is -0.364 e. The molecular formula is C17H13IN4O2. The van der Waals surface area contributed by atoms with Crippen LogP contribution in [0.5, 0.6) is 0 Å². The molecule has 6 nitrogen and oxygen atoms in total. The number of rotatable bonds is 4. The number of amides is 2. The molecule has 0 fully saturated rings. The van der Waals surface area contributed by atoms with Gasteiger partial charge in [0, 0.05) is 15.3 Å². The summed E-state index contributed by atoms with van der Waals surface area (Å²) in [6, 6.07) is 16.0. The van der Waals surface area contributed by atoms with E-state index in [0.29, 0.717) is 16.9 Å². The zero-order chi connectivity index (χ0) is 17.1. The Kier molecular flexibility index (Phi) is 4.61. The lowest BCUT2D eigenvalue weighted by Crippen LogP contribution is -2.15. The van der Waals surface area contributed by atoms with E-state index in [1.165, 1.54) is 10.7 Å². The van der Waals surface area contributed by atoms with Gasteiger partial charge in [-0.25, -0.2) is 4.68 Å². The van der Waals surface area contributed by atoms with E-state index in [-0.39, 0.29) is 11.6 Å². The van der Waals surface area contributed by atoms with E-state index in [4.69, 9.17) is 5.73 Å². The molecule has 0 radical (unpaired) electrons. The van der Waals surface area contributed by atoms with Crippen molar-refractivity contribution >= 4 is 40.1 Å². The van der Waals surface area contributed by atoms with E-state index in [2.05, 4.69) is 33.0 Å². The summed E-state index contributed by atoms with van der Waals surface area (Å²) in [6.07, 6.45) is 1.62. The first kappa shape index (κ1) is 16.2. The van der Waals surface area contributed by atoms with Crippen molar-refractivity contribution in [2.45, 2.75) is 0 Å². The van der Waals surface area contributed by atoms with Crippen LogP contribution in [0.4, 0.5) is 5.69 Å². The summed E-state index contributed by atoms with van der Waals surface area (Å²) in [7, 11) is 0. The molecule has 0 saturated carbocycles. The number of carbonyl (C=O) groups excluding carboxylic acids is 2. The summed E-state index contributed by atoms with van der Waals surface area (Å²) in [6.45, 7) is 0. The van der Waals surface area contributed by atoms with E-state index in [1.54, 1.807) is 30.5 Å². The topological polar surface area (TPSA) is 90.0 Å². The molecule has 0 aliphatic rings. The average molecular weight is 432 g/mol. The highest BCUT2D eigenvalue weighted by molar-refractivity contribution is 14.1. The Bertz CT molecular complexity index is 903. The molecular weight excluding hydrogens is 419 g/mol. The molecule has 0 saturated heterocycles. The van der Waals surface area contributed by atoms with Gasteiger partial charge in [-0.2, -0.15) is 5.10 Å². The van der Waals surface area contributed by atoms with Gasteiger partial charge in [-0.3, -0.25) is 9.59 Å². The number of nitrogens with zero attached hydrogens (tertiary/aromatic N) is 2. The quantitative estimate of drug-likeness (QED) is 0.622. The standard InChI is InChI=1S/C17H13IN4O2/c18-12-7-5-11(6-8-12)17(24)20-13-3-1-2-4-15(13)22-10-9-14(21-22)16(19)23/h1-10H,(H2,19,23)(H,20,24). The fourth-order valence-electron chi connectivity index (χ4n) is 2.16. The summed E-state index contributed by atoms with van der Waals surface area (Å²) < 4.78 is 2.56. The number of halogens is 1. The van der Waals surface area contributed by atoms with Crippen molar-refractivity contribution in [2.75, 3.05) is 5.32 Å². The van der Waals surface area contributed by atoms with E-state index in [9.17, 15) is 9.59 Å². The summed E-state index contributed by atoms with van der Waals surface area (Å²) >= 11 is 2.18. The Hall–Kier alpha value is -2.68. The fraction of sp³-hybridized carbons (Fsp3) is 0. The highest BCUT2D eigenvalue weighted by Crippen LogP contribution is 2.20.